The standard InChI is InChI=1S/C26H22BrN3O6/c1-3-35-22-6-4-5-20(14-22)29-26(31)19(15-28)11-18-12-23(27)25(24(13-18)34-2)36-16-17-7-9-21(10-8-17)30(32)33/h4-14H,3,16H2,1-2H3,(H,29,31)/b19-11-. The van der Waals surface area contributed by atoms with E-state index in [0.29, 0.717) is 39.6 Å². The highest BCUT2D eigenvalue weighted by molar-refractivity contribution is 9.10. The molecule has 3 aromatic carbocycles. The zero-order valence-corrected chi connectivity index (χ0v) is 21.1. The van der Waals surface area contributed by atoms with Gasteiger partial charge in [0.15, 0.2) is 11.5 Å². The van der Waals surface area contributed by atoms with E-state index in [9.17, 15) is 20.2 Å². The number of hydrogen-bond donors (Lipinski definition) is 1. The second-order valence-electron chi connectivity index (χ2n) is 7.33. The van der Waals surface area contributed by atoms with Crippen LogP contribution in [0.15, 0.2) is 70.7 Å². The molecule has 3 rings (SSSR count). The molecule has 0 aliphatic carbocycles. The fourth-order valence-electron chi connectivity index (χ4n) is 3.18. The van der Waals surface area contributed by atoms with Gasteiger partial charge in [0.1, 0.15) is 24.0 Å². The van der Waals surface area contributed by atoms with Gasteiger partial charge >= 0.3 is 0 Å². The molecule has 0 unspecified atom stereocenters. The lowest BCUT2D eigenvalue weighted by Crippen LogP contribution is -2.13. The number of nitriles is 1. The van der Waals surface area contributed by atoms with Gasteiger partial charge in [0.05, 0.1) is 23.1 Å². The number of halogens is 1. The minimum atomic E-state index is -0.570. The Hall–Kier alpha value is -4.36. The van der Waals surface area contributed by atoms with Crippen molar-refractivity contribution in [3.8, 4) is 23.3 Å². The van der Waals surface area contributed by atoms with Gasteiger partial charge in [0, 0.05) is 23.9 Å². The van der Waals surface area contributed by atoms with Gasteiger partial charge in [-0.2, -0.15) is 5.26 Å². The Labute approximate surface area is 216 Å². The Kier molecular flexibility index (Phi) is 9.02. The third kappa shape index (κ3) is 6.84. The highest BCUT2D eigenvalue weighted by Gasteiger charge is 2.15. The summed E-state index contributed by atoms with van der Waals surface area (Å²) in [5.41, 5.74) is 1.66. The van der Waals surface area contributed by atoms with E-state index in [1.165, 1.54) is 25.3 Å². The highest BCUT2D eigenvalue weighted by Crippen LogP contribution is 2.38. The van der Waals surface area contributed by atoms with E-state index >= 15 is 0 Å². The first-order valence-corrected chi connectivity index (χ1v) is 11.5. The van der Waals surface area contributed by atoms with E-state index in [-0.39, 0.29) is 17.9 Å². The molecule has 0 saturated carbocycles. The average Bonchev–Trinajstić information content (AvgIpc) is 2.87. The summed E-state index contributed by atoms with van der Waals surface area (Å²) in [4.78, 5) is 23.0. The number of nitro benzene ring substituents is 1. The smallest absolute Gasteiger partial charge is 0.269 e. The SMILES string of the molecule is CCOc1cccc(NC(=O)/C(C#N)=C\c2cc(Br)c(OCc3ccc([N+](=O)[O-])cc3)c(OC)c2)c1. The summed E-state index contributed by atoms with van der Waals surface area (Å²) >= 11 is 3.45. The molecule has 36 heavy (non-hydrogen) atoms. The van der Waals surface area contributed by atoms with E-state index in [4.69, 9.17) is 14.2 Å². The summed E-state index contributed by atoms with van der Waals surface area (Å²) in [5, 5.41) is 23.1. The number of nitro groups is 1. The Balaban J connectivity index is 1.78. The number of carbonyl (C=O) groups excluding carboxylic acids is 1. The summed E-state index contributed by atoms with van der Waals surface area (Å²) < 4.78 is 17.3. The van der Waals surface area contributed by atoms with Gasteiger partial charge in [0.25, 0.3) is 11.6 Å². The van der Waals surface area contributed by atoms with Gasteiger partial charge in [-0.05, 0) is 76.5 Å². The first-order valence-electron chi connectivity index (χ1n) is 10.7. The van der Waals surface area contributed by atoms with Crippen molar-refractivity contribution in [3.05, 3.63) is 92.0 Å². The predicted octanol–water partition coefficient (Wildman–Crippen LogP) is 5.89. The number of rotatable bonds is 10. The number of benzene rings is 3. The quantitative estimate of drug-likeness (QED) is 0.144. The monoisotopic (exact) mass is 551 g/mol. The molecule has 1 amide bonds. The van der Waals surface area contributed by atoms with Gasteiger partial charge in [-0.1, -0.05) is 6.07 Å². The summed E-state index contributed by atoms with van der Waals surface area (Å²) in [6.45, 7) is 2.50. The molecule has 0 aromatic heterocycles. The minimum absolute atomic E-state index is 0.00650. The van der Waals surface area contributed by atoms with Crippen LogP contribution < -0.4 is 19.5 Å². The highest BCUT2D eigenvalue weighted by atomic mass is 79.9. The van der Waals surface area contributed by atoms with Crippen LogP contribution in [0.3, 0.4) is 0 Å². The Morgan fingerprint density at radius 2 is 1.92 bits per heavy atom. The molecule has 0 aliphatic rings. The van der Waals surface area contributed by atoms with Gasteiger partial charge in [-0.15, -0.1) is 0 Å². The molecule has 0 atom stereocenters. The summed E-state index contributed by atoms with van der Waals surface area (Å²) in [6, 6.07) is 18.2. The van der Waals surface area contributed by atoms with Crippen LogP contribution in [0.2, 0.25) is 0 Å². The molecule has 184 valence electrons. The van der Waals surface area contributed by atoms with Gasteiger partial charge in [-0.3, -0.25) is 14.9 Å². The maximum Gasteiger partial charge on any atom is 0.269 e. The fraction of sp³-hybridized carbons (Fsp3) is 0.154. The van der Waals surface area contributed by atoms with Crippen molar-refractivity contribution in [2.75, 3.05) is 19.0 Å². The number of ether oxygens (including phenoxy) is 3. The average molecular weight is 552 g/mol. The van der Waals surface area contributed by atoms with Crippen molar-refractivity contribution >= 4 is 39.3 Å². The number of hydrogen-bond acceptors (Lipinski definition) is 7. The molecule has 9 nitrogen and oxygen atoms in total. The summed E-state index contributed by atoms with van der Waals surface area (Å²) in [7, 11) is 1.47. The first-order chi connectivity index (χ1) is 17.3. The van der Waals surface area contributed by atoms with Crippen LogP contribution in [-0.4, -0.2) is 24.5 Å². The number of nitrogens with one attached hydrogen (secondary N) is 1. The van der Waals surface area contributed by atoms with Crippen molar-refractivity contribution in [3.63, 3.8) is 0 Å². The Bertz CT molecular complexity index is 1330. The maximum atomic E-state index is 12.7. The van der Waals surface area contributed by atoms with Crippen LogP contribution in [0, 0.1) is 21.4 Å². The van der Waals surface area contributed by atoms with Crippen LogP contribution in [0.1, 0.15) is 18.1 Å². The van der Waals surface area contributed by atoms with Crippen LogP contribution in [0.25, 0.3) is 6.08 Å². The first kappa shape index (κ1) is 26.2. The number of carbonyl (C=O) groups is 1. The van der Waals surface area contributed by atoms with Crippen molar-refractivity contribution in [1.82, 2.24) is 0 Å². The second-order valence-corrected chi connectivity index (χ2v) is 8.19. The van der Waals surface area contributed by atoms with Crippen LogP contribution in [0.4, 0.5) is 11.4 Å². The molecule has 3 aromatic rings. The van der Waals surface area contributed by atoms with Crippen molar-refractivity contribution < 1.29 is 23.9 Å². The molecule has 0 fully saturated rings. The molecule has 0 aliphatic heterocycles. The van der Waals surface area contributed by atoms with Gasteiger partial charge < -0.3 is 19.5 Å². The maximum absolute atomic E-state index is 12.7. The van der Waals surface area contributed by atoms with E-state index in [2.05, 4.69) is 21.2 Å². The molecule has 0 radical (unpaired) electrons. The molecule has 0 bridgehead atoms. The summed E-state index contributed by atoms with van der Waals surface area (Å²) in [6.07, 6.45) is 1.44. The van der Waals surface area contributed by atoms with Crippen LogP contribution in [-0.2, 0) is 11.4 Å². The molecular formula is C26H22BrN3O6. The molecule has 1 N–H and O–H groups in total. The summed E-state index contributed by atoms with van der Waals surface area (Å²) in [5.74, 6) is 0.818. The molecule has 0 spiro atoms. The fourth-order valence-corrected chi connectivity index (χ4v) is 3.75. The van der Waals surface area contributed by atoms with Crippen LogP contribution in [0.5, 0.6) is 17.2 Å². The number of anilines is 1. The van der Waals surface area contributed by atoms with Gasteiger partial charge in [0.2, 0.25) is 0 Å². The van der Waals surface area contributed by atoms with E-state index in [1.807, 2.05) is 13.0 Å². The largest absolute Gasteiger partial charge is 0.494 e. The molecular weight excluding hydrogens is 530 g/mol. The van der Waals surface area contributed by atoms with Crippen molar-refractivity contribution in [2.24, 2.45) is 0 Å². The number of amides is 1. The lowest BCUT2D eigenvalue weighted by Gasteiger charge is -2.14. The zero-order chi connectivity index (χ0) is 26.1. The second kappa shape index (κ2) is 12.4. The van der Waals surface area contributed by atoms with Crippen LogP contribution >= 0.6 is 15.9 Å². The van der Waals surface area contributed by atoms with Crippen molar-refractivity contribution in [2.45, 2.75) is 13.5 Å². The Morgan fingerprint density at radius 3 is 2.56 bits per heavy atom. The molecule has 10 heteroatoms. The van der Waals surface area contributed by atoms with E-state index in [0.717, 1.165) is 5.56 Å². The number of methoxy groups -OCH3 is 1. The zero-order valence-electron chi connectivity index (χ0n) is 19.5. The molecule has 0 saturated heterocycles. The topological polar surface area (TPSA) is 124 Å². The third-order valence-corrected chi connectivity index (χ3v) is 5.45. The Morgan fingerprint density at radius 1 is 1.17 bits per heavy atom. The normalized spacial score (nSPS) is 10.8. The number of non-ortho nitro benzene ring substituents is 1. The van der Waals surface area contributed by atoms with E-state index < -0.39 is 10.8 Å². The lowest BCUT2D eigenvalue weighted by molar-refractivity contribution is -0.384. The minimum Gasteiger partial charge on any atom is -0.494 e. The predicted molar refractivity (Wildman–Crippen MR) is 138 cm³/mol. The van der Waals surface area contributed by atoms with E-state index in [1.54, 1.807) is 48.5 Å². The number of nitrogens with zero attached hydrogens (tertiary/aromatic N) is 2. The molecule has 0 heterocycles. The third-order valence-electron chi connectivity index (χ3n) is 4.86. The van der Waals surface area contributed by atoms with Crippen molar-refractivity contribution in [1.29, 1.82) is 5.26 Å². The van der Waals surface area contributed by atoms with Gasteiger partial charge in [-0.25, -0.2) is 0 Å². The lowest BCUT2D eigenvalue weighted by atomic mass is 10.1.